The van der Waals surface area contributed by atoms with E-state index in [4.69, 9.17) is 9.79 Å². The summed E-state index contributed by atoms with van der Waals surface area (Å²) in [4.78, 5) is 43.5. The number of nitrogens with one attached hydrogen (secondary N) is 3. The molecule has 0 unspecified atom stereocenters. The van der Waals surface area contributed by atoms with Crippen molar-refractivity contribution in [1.82, 2.24) is 16.0 Å². The van der Waals surface area contributed by atoms with Crippen LogP contribution in [0, 0.1) is 5.92 Å². The van der Waals surface area contributed by atoms with E-state index < -0.39 is 19.7 Å². The highest BCUT2D eigenvalue weighted by Crippen LogP contribution is 2.34. The van der Waals surface area contributed by atoms with Gasteiger partial charge in [-0.25, -0.2) is 0 Å². The van der Waals surface area contributed by atoms with Gasteiger partial charge < -0.3 is 25.7 Å². The Morgan fingerprint density at radius 3 is 2.30 bits per heavy atom. The molecular weight excluding hydrogens is 405 g/mol. The monoisotopic (exact) mass is 447 g/mol. The van der Waals surface area contributed by atoms with Gasteiger partial charge in [0, 0.05) is 6.54 Å². The van der Waals surface area contributed by atoms with Crippen LogP contribution in [0.25, 0.3) is 0 Å². The molecule has 5 N–H and O–H groups in total. The van der Waals surface area contributed by atoms with Crippen molar-refractivity contribution in [3.05, 3.63) is 0 Å². The largest absolute Gasteiger partial charge is 0.354 e. The van der Waals surface area contributed by atoms with Crippen LogP contribution in [0.1, 0.15) is 84.5 Å². The van der Waals surface area contributed by atoms with E-state index in [1.165, 1.54) is 25.7 Å². The van der Waals surface area contributed by atoms with Crippen molar-refractivity contribution in [3.63, 3.8) is 0 Å². The SMILES string of the molecule is CC(C)C[C@H](NCCCP(=O)(O)O)C(=O)N[C@H]1CCCCCCCCCCNC1=O. The van der Waals surface area contributed by atoms with Crippen molar-refractivity contribution >= 4 is 19.4 Å². The Hall–Kier alpha value is -0.950. The number of carbonyl (C=O) groups is 2. The molecule has 0 radical (unpaired) electrons. The van der Waals surface area contributed by atoms with Gasteiger partial charge in [-0.15, -0.1) is 0 Å². The summed E-state index contributed by atoms with van der Waals surface area (Å²) in [6, 6.07) is -1.02. The minimum atomic E-state index is -4.03. The molecule has 176 valence electrons. The van der Waals surface area contributed by atoms with Gasteiger partial charge in [0.2, 0.25) is 11.8 Å². The molecule has 2 atom stereocenters. The molecule has 1 aliphatic heterocycles. The van der Waals surface area contributed by atoms with E-state index in [-0.39, 0.29) is 30.3 Å². The topological polar surface area (TPSA) is 128 Å². The van der Waals surface area contributed by atoms with Gasteiger partial charge in [-0.1, -0.05) is 58.8 Å². The number of rotatable bonds is 9. The molecule has 0 aliphatic carbocycles. The lowest BCUT2D eigenvalue weighted by Crippen LogP contribution is -2.53. The fourth-order valence-electron chi connectivity index (χ4n) is 3.73. The van der Waals surface area contributed by atoms with E-state index in [9.17, 15) is 14.2 Å². The minimum Gasteiger partial charge on any atom is -0.354 e. The van der Waals surface area contributed by atoms with Gasteiger partial charge in [0.1, 0.15) is 6.04 Å². The molecule has 1 saturated heterocycles. The van der Waals surface area contributed by atoms with Crippen molar-refractivity contribution < 1.29 is 23.9 Å². The third-order valence-corrected chi connectivity index (χ3v) is 6.29. The number of hydrogen-bond donors (Lipinski definition) is 5. The van der Waals surface area contributed by atoms with Crippen LogP contribution in [0.2, 0.25) is 0 Å². The van der Waals surface area contributed by atoms with Gasteiger partial charge in [0.05, 0.1) is 12.2 Å². The second-order valence-electron chi connectivity index (χ2n) is 8.85. The average molecular weight is 448 g/mol. The fourth-order valence-corrected chi connectivity index (χ4v) is 4.30. The van der Waals surface area contributed by atoms with Gasteiger partial charge in [0.15, 0.2) is 0 Å². The maximum absolute atomic E-state index is 12.9. The molecule has 1 fully saturated rings. The highest BCUT2D eigenvalue weighted by Gasteiger charge is 2.26. The van der Waals surface area contributed by atoms with Crippen LogP contribution in [0.15, 0.2) is 0 Å². The van der Waals surface area contributed by atoms with Gasteiger partial charge in [-0.2, -0.15) is 0 Å². The number of hydrogen-bond acceptors (Lipinski definition) is 4. The van der Waals surface area contributed by atoms with Crippen LogP contribution >= 0.6 is 7.60 Å². The van der Waals surface area contributed by atoms with E-state index >= 15 is 0 Å². The predicted molar refractivity (Wildman–Crippen MR) is 119 cm³/mol. The number of carbonyl (C=O) groups excluding carboxylic acids is 2. The van der Waals surface area contributed by atoms with Crippen molar-refractivity contribution in [2.75, 3.05) is 19.3 Å². The molecule has 1 heterocycles. The van der Waals surface area contributed by atoms with Crippen LogP contribution in [0.4, 0.5) is 0 Å². The maximum atomic E-state index is 12.9. The Balaban J connectivity index is 2.65. The van der Waals surface area contributed by atoms with Crippen LogP contribution in [0.5, 0.6) is 0 Å². The van der Waals surface area contributed by atoms with E-state index in [1.807, 2.05) is 13.8 Å². The molecule has 1 rings (SSSR count). The molecule has 1 aliphatic rings. The summed E-state index contributed by atoms with van der Waals surface area (Å²) in [5, 5.41) is 9.01. The van der Waals surface area contributed by atoms with Crippen molar-refractivity contribution in [2.24, 2.45) is 5.92 Å². The summed E-state index contributed by atoms with van der Waals surface area (Å²) in [7, 11) is -4.03. The molecule has 0 bridgehead atoms. The third-order valence-electron chi connectivity index (χ3n) is 5.39. The van der Waals surface area contributed by atoms with Gasteiger partial charge in [-0.05, 0) is 38.1 Å². The summed E-state index contributed by atoms with van der Waals surface area (Å²) in [5.41, 5.74) is 0. The summed E-state index contributed by atoms with van der Waals surface area (Å²) >= 11 is 0. The third kappa shape index (κ3) is 13.4. The molecular formula is C21H42N3O5P. The first-order valence-electron chi connectivity index (χ1n) is 11.5. The molecule has 0 saturated carbocycles. The highest BCUT2D eigenvalue weighted by atomic mass is 31.2. The summed E-state index contributed by atoms with van der Waals surface area (Å²) < 4.78 is 11.0. The van der Waals surface area contributed by atoms with E-state index in [2.05, 4.69) is 16.0 Å². The molecule has 0 aromatic rings. The first-order valence-corrected chi connectivity index (χ1v) is 13.3. The minimum absolute atomic E-state index is 0.118. The quantitative estimate of drug-likeness (QED) is 0.273. The lowest BCUT2D eigenvalue weighted by molar-refractivity contribution is -0.130. The normalized spacial score (nSPS) is 21.1. The molecule has 9 heteroatoms. The second-order valence-corrected chi connectivity index (χ2v) is 10.6. The summed E-state index contributed by atoms with van der Waals surface area (Å²) in [6.45, 7) is 5.01. The Bertz CT molecular complexity index is 553. The summed E-state index contributed by atoms with van der Waals surface area (Å²) in [5.74, 6) is -0.0688. The van der Waals surface area contributed by atoms with Crippen LogP contribution in [-0.2, 0) is 14.2 Å². The highest BCUT2D eigenvalue weighted by molar-refractivity contribution is 7.51. The zero-order chi connectivity index (χ0) is 22.4. The Kier molecular flexibility index (Phi) is 13.5. The van der Waals surface area contributed by atoms with Crippen LogP contribution in [0.3, 0.4) is 0 Å². The van der Waals surface area contributed by atoms with Crippen molar-refractivity contribution in [1.29, 1.82) is 0 Å². The zero-order valence-corrected chi connectivity index (χ0v) is 19.6. The lowest BCUT2D eigenvalue weighted by atomic mass is 10.0. The molecule has 2 amide bonds. The van der Waals surface area contributed by atoms with Crippen molar-refractivity contribution in [2.45, 2.75) is 96.6 Å². The summed E-state index contributed by atoms with van der Waals surface area (Å²) in [6.07, 6.45) is 10.2. The molecule has 0 aromatic carbocycles. The maximum Gasteiger partial charge on any atom is 0.325 e. The molecule has 0 spiro atoms. The molecule has 0 aromatic heterocycles. The fraction of sp³-hybridized carbons (Fsp3) is 0.905. The van der Waals surface area contributed by atoms with E-state index in [0.29, 0.717) is 25.9 Å². The Morgan fingerprint density at radius 2 is 1.70 bits per heavy atom. The number of amides is 2. The zero-order valence-electron chi connectivity index (χ0n) is 18.7. The Labute approximate surface area is 181 Å². The van der Waals surface area contributed by atoms with Crippen LogP contribution in [-0.4, -0.2) is 52.9 Å². The standard InChI is InChI=1S/C21H42N3O5P/c1-17(2)16-19(22-14-11-15-30(27,28)29)21(26)24-18-12-9-7-5-3-4-6-8-10-13-23-20(18)25/h17-19,22H,3-16H2,1-2H3,(H,23,25)(H,24,26)(H2,27,28,29)/t18-,19-/m0/s1. The average Bonchev–Trinajstić information content (AvgIpc) is 2.67. The van der Waals surface area contributed by atoms with E-state index in [1.54, 1.807) is 0 Å². The van der Waals surface area contributed by atoms with Gasteiger partial charge in [0.25, 0.3) is 0 Å². The van der Waals surface area contributed by atoms with Crippen LogP contribution < -0.4 is 16.0 Å². The lowest BCUT2D eigenvalue weighted by Gasteiger charge is -2.24. The first-order chi connectivity index (χ1) is 14.2. The van der Waals surface area contributed by atoms with Gasteiger partial charge >= 0.3 is 7.60 Å². The molecule has 30 heavy (non-hydrogen) atoms. The predicted octanol–water partition coefficient (Wildman–Crippen LogP) is 2.68. The second kappa shape index (κ2) is 15.0. The molecule has 8 nitrogen and oxygen atoms in total. The smallest absolute Gasteiger partial charge is 0.325 e. The first kappa shape index (κ1) is 27.1. The van der Waals surface area contributed by atoms with Crippen molar-refractivity contribution in [3.8, 4) is 0 Å². The van der Waals surface area contributed by atoms with E-state index in [0.717, 1.165) is 25.7 Å². The van der Waals surface area contributed by atoms with Gasteiger partial charge in [-0.3, -0.25) is 14.2 Å². The Morgan fingerprint density at radius 1 is 1.10 bits per heavy atom.